The Kier molecular flexibility index (Phi) is 0.927. The summed E-state index contributed by atoms with van der Waals surface area (Å²) in [5.74, 6) is 0.734. The third-order valence-corrected chi connectivity index (χ3v) is 1.29. The molecular formula is C5H7N3O. The first kappa shape index (κ1) is 4.81. The Morgan fingerprint density at radius 2 is 2.78 bits per heavy atom. The van der Waals surface area contributed by atoms with Crippen molar-refractivity contribution >= 4 is 5.90 Å². The van der Waals surface area contributed by atoms with Crippen molar-refractivity contribution in [3.05, 3.63) is 12.4 Å². The average molecular weight is 125 g/mol. The second kappa shape index (κ2) is 1.73. The second-order valence-electron chi connectivity index (χ2n) is 1.88. The van der Waals surface area contributed by atoms with E-state index in [-0.39, 0.29) is 6.17 Å². The predicted octanol–water partition coefficient (Wildman–Crippen LogP) is -0.637. The first-order chi connectivity index (χ1) is 4.47. The van der Waals surface area contributed by atoms with Crippen molar-refractivity contribution in [3.63, 3.8) is 0 Å². The fourth-order valence-electron chi connectivity index (χ4n) is 0.862. The highest BCUT2D eigenvalue weighted by atomic mass is 16.5. The van der Waals surface area contributed by atoms with Gasteiger partial charge in [-0.15, -0.1) is 0 Å². The maximum absolute atomic E-state index is 5.08. The molecule has 4 heteroatoms. The van der Waals surface area contributed by atoms with Crippen LogP contribution < -0.4 is 10.6 Å². The molecule has 4 nitrogen and oxygen atoms in total. The third kappa shape index (κ3) is 0.675. The molecule has 0 aromatic rings. The van der Waals surface area contributed by atoms with E-state index in [0.29, 0.717) is 6.73 Å². The molecule has 0 saturated carbocycles. The smallest absolute Gasteiger partial charge is 0.228 e. The molecule has 9 heavy (non-hydrogen) atoms. The van der Waals surface area contributed by atoms with Crippen LogP contribution in [0.4, 0.5) is 0 Å². The molecule has 2 N–H and O–H groups in total. The van der Waals surface area contributed by atoms with E-state index in [1.54, 1.807) is 12.4 Å². The van der Waals surface area contributed by atoms with Crippen molar-refractivity contribution < 1.29 is 4.74 Å². The minimum atomic E-state index is 0.106. The van der Waals surface area contributed by atoms with E-state index >= 15 is 0 Å². The van der Waals surface area contributed by atoms with Gasteiger partial charge in [0.1, 0.15) is 6.73 Å². The van der Waals surface area contributed by atoms with Gasteiger partial charge in [-0.1, -0.05) is 0 Å². The Balaban J connectivity index is 2.23. The van der Waals surface area contributed by atoms with Crippen LogP contribution in [-0.2, 0) is 4.74 Å². The summed E-state index contributed by atoms with van der Waals surface area (Å²) in [4.78, 5) is 3.98. The first-order valence-corrected chi connectivity index (χ1v) is 2.82. The summed E-state index contributed by atoms with van der Waals surface area (Å²) >= 11 is 0. The highest BCUT2D eigenvalue weighted by molar-refractivity contribution is 5.84. The van der Waals surface area contributed by atoms with Gasteiger partial charge >= 0.3 is 0 Å². The largest absolute Gasteiger partial charge is 0.462 e. The molecular weight excluding hydrogens is 118 g/mol. The SMILES string of the molecule is C1=CNC2NCOC2=N1. The Labute approximate surface area is 52.6 Å². The minimum absolute atomic E-state index is 0.106. The lowest BCUT2D eigenvalue weighted by Gasteiger charge is -2.10. The zero-order valence-corrected chi connectivity index (χ0v) is 4.79. The van der Waals surface area contributed by atoms with E-state index in [2.05, 4.69) is 15.6 Å². The molecule has 0 aromatic carbocycles. The van der Waals surface area contributed by atoms with Crippen molar-refractivity contribution in [2.24, 2.45) is 4.99 Å². The zero-order valence-electron chi connectivity index (χ0n) is 4.79. The molecule has 2 aliphatic heterocycles. The molecule has 2 aliphatic rings. The van der Waals surface area contributed by atoms with Crippen molar-refractivity contribution in [3.8, 4) is 0 Å². The highest BCUT2D eigenvalue weighted by Crippen LogP contribution is 2.00. The number of fused-ring (bicyclic) bond motifs is 1. The maximum atomic E-state index is 5.08. The van der Waals surface area contributed by atoms with E-state index in [1.165, 1.54) is 0 Å². The number of nitrogens with zero attached hydrogens (tertiary/aromatic N) is 1. The van der Waals surface area contributed by atoms with E-state index < -0.39 is 0 Å². The Bertz CT molecular complexity index is 175. The van der Waals surface area contributed by atoms with Crippen LogP contribution in [0, 0.1) is 0 Å². The normalized spacial score (nSPS) is 30.2. The fraction of sp³-hybridized carbons (Fsp3) is 0.400. The topological polar surface area (TPSA) is 45.6 Å². The maximum Gasteiger partial charge on any atom is 0.228 e. The Morgan fingerprint density at radius 1 is 1.78 bits per heavy atom. The van der Waals surface area contributed by atoms with Crippen LogP contribution in [0.1, 0.15) is 0 Å². The van der Waals surface area contributed by atoms with Crippen molar-refractivity contribution in [1.82, 2.24) is 10.6 Å². The zero-order chi connectivity index (χ0) is 6.10. The lowest BCUT2D eigenvalue weighted by Crippen LogP contribution is -2.40. The van der Waals surface area contributed by atoms with Crippen LogP contribution in [0.25, 0.3) is 0 Å². The van der Waals surface area contributed by atoms with Gasteiger partial charge in [0.15, 0.2) is 6.17 Å². The molecule has 0 aliphatic carbocycles. The molecule has 0 bridgehead atoms. The van der Waals surface area contributed by atoms with Gasteiger partial charge in [-0.25, -0.2) is 4.99 Å². The van der Waals surface area contributed by atoms with Crippen LogP contribution in [-0.4, -0.2) is 18.8 Å². The van der Waals surface area contributed by atoms with E-state index in [0.717, 1.165) is 5.90 Å². The Hall–Kier alpha value is -1.03. The van der Waals surface area contributed by atoms with Crippen molar-refractivity contribution in [2.45, 2.75) is 6.17 Å². The number of ether oxygens (including phenoxy) is 1. The molecule has 1 fully saturated rings. The van der Waals surface area contributed by atoms with E-state index in [4.69, 9.17) is 4.74 Å². The molecule has 48 valence electrons. The van der Waals surface area contributed by atoms with Crippen molar-refractivity contribution in [1.29, 1.82) is 0 Å². The third-order valence-electron chi connectivity index (χ3n) is 1.29. The molecule has 0 radical (unpaired) electrons. The molecule has 2 rings (SSSR count). The molecule has 1 unspecified atom stereocenters. The van der Waals surface area contributed by atoms with Gasteiger partial charge in [0.2, 0.25) is 5.90 Å². The number of hydrogen-bond acceptors (Lipinski definition) is 4. The first-order valence-electron chi connectivity index (χ1n) is 2.82. The van der Waals surface area contributed by atoms with Crippen LogP contribution in [0.3, 0.4) is 0 Å². The summed E-state index contributed by atoms with van der Waals surface area (Å²) in [5.41, 5.74) is 0. The molecule has 0 spiro atoms. The second-order valence-corrected chi connectivity index (χ2v) is 1.88. The monoisotopic (exact) mass is 125 g/mol. The summed E-state index contributed by atoms with van der Waals surface area (Å²) in [6, 6.07) is 0. The Morgan fingerprint density at radius 3 is 3.67 bits per heavy atom. The van der Waals surface area contributed by atoms with Crippen molar-refractivity contribution in [2.75, 3.05) is 6.73 Å². The lowest BCUT2D eigenvalue weighted by molar-refractivity contribution is 0.325. The predicted molar refractivity (Wildman–Crippen MR) is 32.6 cm³/mol. The number of hydrogen-bond donors (Lipinski definition) is 2. The highest BCUT2D eigenvalue weighted by Gasteiger charge is 2.22. The van der Waals surface area contributed by atoms with Crippen LogP contribution in [0.2, 0.25) is 0 Å². The quantitative estimate of drug-likeness (QED) is 0.452. The van der Waals surface area contributed by atoms with Crippen LogP contribution in [0.15, 0.2) is 17.4 Å². The number of rotatable bonds is 0. The average Bonchev–Trinajstić information content (AvgIpc) is 2.33. The summed E-state index contributed by atoms with van der Waals surface area (Å²) in [6.07, 6.45) is 3.57. The van der Waals surface area contributed by atoms with E-state index in [1.807, 2.05) is 0 Å². The van der Waals surface area contributed by atoms with Gasteiger partial charge in [-0.05, 0) is 0 Å². The standard InChI is InChI=1S/C5H7N3O/c1-2-7-5-4(6-1)8-3-9-5/h1-2,4,6,8H,3H2. The molecule has 0 aromatic heterocycles. The van der Waals surface area contributed by atoms with Gasteiger partial charge in [0, 0.05) is 12.4 Å². The molecule has 1 saturated heterocycles. The fourth-order valence-corrected chi connectivity index (χ4v) is 0.862. The summed E-state index contributed by atoms with van der Waals surface area (Å²) < 4.78 is 5.08. The van der Waals surface area contributed by atoms with Gasteiger partial charge in [0.05, 0.1) is 0 Å². The van der Waals surface area contributed by atoms with E-state index in [9.17, 15) is 0 Å². The van der Waals surface area contributed by atoms with Crippen LogP contribution >= 0.6 is 0 Å². The van der Waals surface area contributed by atoms with Gasteiger partial charge < -0.3 is 10.1 Å². The number of nitrogens with one attached hydrogen (secondary N) is 2. The summed E-state index contributed by atoms with van der Waals surface area (Å²) in [6.45, 7) is 0.554. The van der Waals surface area contributed by atoms with Crippen LogP contribution in [0.5, 0.6) is 0 Å². The summed E-state index contributed by atoms with van der Waals surface area (Å²) in [7, 11) is 0. The molecule has 1 atom stereocenters. The molecule has 2 heterocycles. The minimum Gasteiger partial charge on any atom is -0.462 e. The van der Waals surface area contributed by atoms with Gasteiger partial charge in [0.25, 0.3) is 0 Å². The van der Waals surface area contributed by atoms with Gasteiger partial charge in [-0.2, -0.15) is 0 Å². The lowest BCUT2D eigenvalue weighted by atomic mass is 10.5. The van der Waals surface area contributed by atoms with Gasteiger partial charge in [-0.3, -0.25) is 5.32 Å². The molecule has 0 amide bonds. The summed E-state index contributed by atoms with van der Waals surface area (Å²) in [5, 5.41) is 6.08. The number of aliphatic imine (C=N–C) groups is 1.